The second-order valence-electron chi connectivity index (χ2n) is 13.3. The summed E-state index contributed by atoms with van der Waals surface area (Å²) in [5.74, 6) is -1.35. The van der Waals surface area contributed by atoms with Gasteiger partial charge in [0.2, 0.25) is 5.91 Å². The van der Waals surface area contributed by atoms with Crippen LogP contribution in [0.1, 0.15) is 174 Å². The zero-order valence-corrected chi connectivity index (χ0v) is 32.0. The van der Waals surface area contributed by atoms with Crippen molar-refractivity contribution in [3.63, 3.8) is 0 Å². The molecule has 286 valence electrons. The molecule has 0 saturated carbocycles. The third-order valence-corrected chi connectivity index (χ3v) is 8.55. The highest BCUT2D eigenvalue weighted by atomic mass is 16.5. The average Bonchev–Trinajstić information content (AvgIpc) is 3.10. The number of amides is 1. The molecule has 0 rings (SSSR count). The van der Waals surface area contributed by atoms with Crippen molar-refractivity contribution in [3.05, 3.63) is 60.8 Å². The predicted molar refractivity (Wildman–Crippen MR) is 211 cm³/mol. The summed E-state index contributed by atoms with van der Waals surface area (Å²) in [5, 5.41) is 11.9. The fourth-order valence-corrected chi connectivity index (χ4v) is 5.53. The van der Waals surface area contributed by atoms with E-state index in [1.54, 1.807) is 0 Å². The van der Waals surface area contributed by atoms with Gasteiger partial charge in [-0.2, -0.15) is 0 Å². The van der Waals surface area contributed by atoms with E-state index in [4.69, 9.17) is 10.5 Å². The number of unbranched alkanes of at least 4 members (excludes halogenated alkanes) is 13. The van der Waals surface area contributed by atoms with E-state index < -0.39 is 12.0 Å². The van der Waals surface area contributed by atoms with E-state index in [-0.39, 0.29) is 18.0 Å². The summed E-state index contributed by atoms with van der Waals surface area (Å²) in [4.78, 5) is 36.2. The van der Waals surface area contributed by atoms with Crippen molar-refractivity contribution in [1.29, 1.82) is 0 Å². The van der Waals surface area contributed by atoms with Crippen molar-refractivity contribution in [3.8, 4) is 0 Å². The molecule has 0 aromatic heterocycles. The number of nitrogens with two attached hydrogens (primary N) is 1. The van der Waals surface area contributed by atoms with E-state index in [9.17, 15) is 19.5 Å². The minimum Gasteiger partial charge on any atom is -0.480 e. The Bertz CT molecular complexity index is 968. The van der Waals surface area contributed by atoms with Gasteiger partial charge in [-0.05, 0) is 103 Å². The van der Waals surface area contributed by atoms with Crippen LogP contribution in [0.3, 0.4) is 0 Å². The molecular weight excluding hydrogens is 624 g/mol. The van der Waals surface area contributed by atoms with E-state index in [0.717, 1.165) is 89.9 Å². The monoisotopic (exact) mass is 699 g/mol. The molecule has 1 amide bonds. The summed E-state index contributed by atoms with van der Waals surface area (Å²) in [5.41, 5.74) is 5.47. The number of carbonyl (C=O) groups is 3. The van der Waals surface area contributed by atoms with E-state index >= 15 is 0 Å². The van der Waals surface area contributed by atoms with Gasteiger partial charge in [0.15, 0.2) is 0 Å². The number of rotatable bonds is 35. The lowest BCUT2D eigenvalue weighted by Gasteiger charge is -2.15. The number of carbonyl (C=O) groups excluding carboxylic acids is 2. The van der Waals surface area contributed by atoms with Crippen molar-refractivity contribution >= 4 is 17.8 Å². The fourth-order valence-electron chi connectivity index (χ4n) is 5.53. The first kappa shape index (κ1) is 47.1. The normalized spacial score (nSPS) is 13.3. The van der Waals surface area contributed by atoms with Gasteiger partial charge in [0, 0.05) is 12.8 Å². The number of esters is 1. The molecule has 0 radical (unpaired) electrons. The topological polar surface area (TPSA) is 119 Å². The van der Waals surface area contributed by atoms with E-state index in [1.807, 2.05) is 6.08 Å². The summed E-state index contributed by atoms with van der Waals surface area (Å²) in [6.07, 6.45) is 45.6. The van der Waals surface area contributed by atoms with Crippen molar-refractivity contribution in [2.75, 3.05) is 6.54 Å². The molecule has 0 aromatic carbocycles. The molecule has 4 N–H and O–H groups in total. The summed E-state index contributed by atoms with van der Waals surface area (Å²) >= 11 is 0. The second-order valence-corrected chi connectivity index (χ2v) is 13.3. The molecule has 0 aliphatic rings. The smallest absolute Gasteiger partial charge is 0.326 e. The first-order chi connectivity index (χ1) is 24.4. The molecule has 0 spiro atoms. The first-order valence-electron chi connectivity index (χ1n) is 20.1. The van der Waals surface area contributed by atoms with Gasteiger partial charge < -0.3 is 20.9 Å². The van der Waals surface area contributed by atoms with Crippen LogP contribution in [0.15, 0.2) is 60.8 Å². The van der Waals surface area contributed by atoms with Gasteiger partial charge in [-0.3, -0.25) is 9.59 Å². The van der Waals surface area contributed by atoms with E-state index in [1.165, 1.54) is 44.9 Å². The van der Waals surface area contributed by atoms with Gasteiger partial charge in [0.05, 0.1) is 0 Å². The molecule has 0 heterocycles. The quantitative estimate of drug-likeness (QED) is 0.0344. The molecular formula is C43H74N2O5. The van der Waals surface area contributed by atoms with Crippen LogP contribution in [0.2, 0.25) is 0 Å². The fraction of sp³-hybridized carbons (Fsp3) is 0.698. The zero-order valence-electron chi connectivity index (χ0n) is 32.0. The molecule has 7 nitrogen and oxygen atoms in total. The Hall–Kier alpha value is -2.93. The highest BCUT2D eigenvalue weighted by Gasteiger charge is 2.18. The highest BCUT2D eigenvalue weighted by Crippen LogP contribution is 2.15. The van der Waals surface area contributed by atoms with Gasteiger partial charge in [0.25, 0.3) is 0 Å². The Morgan fingerprint density at radius 2 is 1.16 bits per heavy atom. The zero-order chi connectivity index (χ0) is 36.8. The van der Waals surface area contributed by atoms with Gasteiger partial charge in [-0.25, -0.2) is 4.79 Å². The van der Waals surface area contributed by atoms with Crippen LogP contribution in [-0.2, 0) is 19.1 Å². The molecule has 0 aromatic rings. The minimum atomic E-state index is -1.02. The van der Waals surface area contributed by atoms with Gasteiger partial charge >= 0.3 is 11.9 Å². The van der Waals surface area contributed by atoms with Crippen LogP contribution >= 0.6 is 0 Å². The van der Waals surface area contributed by atoms with Gasteiger partial charge in [0.1, 0.15) is 12.1 Å². The standard InChI is InChI=1S/C43H74N2O5/c1-3-5-7-9-11-13-15-16-18-20-22-27-31-37-42(47)50-39(33-28-24-21-19-17-14-12-10-8-6-4-2)34-29-25-23-26-30-36-41(46)45-40(43(48)49)35-32-38-44/h6,8,12-15,19,21,28,33,39-40H,3-5,7,9-11,16-18,20,22-27,29-32,34-38,44H2,1-2H3,(H,45,46)(H,48,49)/b8-6-,14-12-,15-13-,21-19-,33-28-. The summed E-state index contributed by atoms with van der Waals surface area (Å²) in [7, 11) is 0. The number of carboxylic acid groups (broad SMARTS) is 1. The largest absolute Gasteiger partial charge is 0.480 e. The van der Waals surface area contributed by atoms with Crippen LogP contribution in [-0.4, -0.2) is 41.6 Å². The number of hydrogen-bond donors (Lipinski definition) is 3. The lowest BCUT2D eigenvalue weighted by Crippen LogP contribution is -2.40. The predicted octanol–water partition coefficient (Wildman–Crippen LogP) is 11.0. The maximum absolute atomic E-state index is 12.7. The Balaban J connectivity index is 4.49. The third-order valence-electron chi connectivity index (χ3n) is 8.55. The number of hydrogen-bond acceptors (Lipinski definition) is 5. The van der Waals surface area contributed by atoms with Crippen molar-refractivity contribution < 1.29 is 24.2 Å². The molecule has 0 fully saturated rings. The lowest BCUT2D eigenvalue weighted by atomic mass is 10.1. The Labute approximate surface area is 306 Å². The lowest BCUT2D eigenvalue weighted by molar-refractivity contribution is -0.147. The van der Waals surface area contributed by atoms with Crippen molar-refractivity contribution in [2.24, 2.45) is 5.73 Å². The number of aliphatic carboxylic acids is 1. The molecule has 2 unspecified atom stereocenters. The van der Waals surface area contributed by atoms with Crippen molar-refractivity contribution in [1.82, 2.24) is 5.32 Å². The van der Waals surface area contributed by atoms with E-state index in [0.29, 0.717) is 32.2 Å². The highest BCUT2D eigenvalue weighted by molar-refractivity contribution is 5.83. The Morgan fingerprint density at radius 3 is 1.76 bits per heavy atom. The molecule has 7 heteroatoms. The average molecular weight is 699 g/mol. The second kappa shape index (κ2) is 37.3. The van der Waals surface area contributed by atoms with Gasteiger partial charge in [-0.15, -0.1) is 0 Å². The molecule has 0 aliphatic heterocycles. The van der Waals surface area contributed by atoms with Crippen LogP contribution in [0.5, 0.6) is 0 Å². The molecule has 2 atom stereocenters. The number of ether oxygens (including phenoxy) is 1. The molecule has 0 aliphatic carbocycles. The number of carboxylic acids is 1. The maximum Gasteiger partial charge on any atom is 0.326 e. The minimum absolute atomic E-state index is 0.111. The Kier molecular flexibility index (Phi) is 35.1. The molecule has 0 bridgehead atoms. The van der Waals surface area contributed by atoms with Crippen molar-refractivity contribution in [2.45, 2.75) is 187 Å². The Morgan fingerprint density at radius 1 is 0.620 bits per heavy atom. The first-order valence-corrected chi connectivity index (χ1v) is 20.1. The summed E-state index contributed by atoms with van der Waals surface area (Å²) in [6, 6.07) is -0.869. The molecule has 0 saturated heterocycles. The van der Waals surface area contributed by atoms with Crippen LogP contribution < -0.4 is 11.1 Å². The third kappa shape index (κ3) is 33.6. The van der Waals surface area contributed by atoms with Crippen LogP contribution in [0.25, 0.3) is 0 Å². The van der Waals surface area contributed by atoms with Crippen LogP contribution in [0.4, 0.5) is 0 Å². The van der Waals surface area contributed by atoms with Crippen LogP contribution in [0, 0.1) is 0 Å². The summed E-state index contributed by atoms with van der Waals surface area (Å²) < 4.78 is 5.91. The summed E-state index contributed by atoms with van der Waals surface area (Å²) in [6.45, 7) is 4.79. The molecule has 50 heavy (non-hydrogen) atoms. The maximum atomic E-state index is 12.7. The number of nitrogens with one attached hydrogen (secondary N) is 1. The van der Waals surface area contributed by atoms with Gasteiger partial charge in [-0.1, -0.05) is 126 Å². The SMILES string of the molecule is CC/C=C\C/C=C\C/C=C\C/C=C\C(CCCCCCCC(=O)NC(CCCN)C(=O)O)OC(=O)CCCCCCC/C=C\CCCCCC. The number of allylic oxidation sites excluding steroid dienone is 9. The van der Waals surface area contributed by atoms with E-state index in [2.05, 4.69) is 73.8 Å².